The van der Waals surface area contributed by atoms with E-state index in [0.29, 0.717) is 0 Å². The van der Waals surface area contributed by atoms with E-state index < -0.39 is 11.8 Å². The molecule has 0 fully saturated rings. The molecule has 0 aliphatic heterocycles. The SMILES string of the molecule is N#Cc1cc(Br)c(F)cc1C(=O)O. The van der Waals surface area contributed by atoms with Crippen molar-refractivity contribution in [2.45, 2.75) is 0 Å². The third kappa shape index (κ3) is 1.84. The van der Waals surface area contributed by atoms with Crippen molar-refractivity contribution in [1.82, 2.24) is 0 Å². The van der Waals surface area contributed by atoms with Crippen molar-refractivity contribution in [3.8, 4) is 6.07 Å². The van der Waals surface area contributed by atoms with Gasteiger partial charge in [-0.1, -0.05) is 0 Å². The zero-order chi connectivity index (χ0) is 10.0. The molecule has 0 saturated carbocycles. The van der Waals surface area contributed by atoms with E-state index in [1.54, 1.807) is 6.07 Å². The van der Waals surface area contributed by atoms with Crippen LogP contribution in [-0.4, -0.2) is 11.1 Å². The van der Waals surface area contributed by atoms with Gasteiger partial charge in [0.05, 0.1) is 15.6 Å². The second kappa shape index (κ2) is 3.54. The smallest absolute Gasteiger partial charge is 0.337 e. The highest BCUT2D eigenvalue weighted by Crippen LogP contribution is 2.20. The normalized spacial score (nSPS) is 9.31. The van der Waals surface area contributed by atoms with Crippen LogP contribution in [0.25, 0.3) is 0 Å². The van der Waals surface area contributed by atoms with Crippen LogP contribution in [0.3, 0.4) is 0 Å². The average molecular weight is 244 g/mol. The van der Waals surface area contributed by atoms with Crippen molar-refractivity contribution >= 4 is 21.9 Å². The number of benzene rings is 1. The number of nitriles is 1. The van der Waals surface area contributed by atoms with Gasteiger partial charge >= 0.3 is 5.97 Å². The van der Waals surface area contributed by atoms with Gasteiger partial charge in [-0.25, -0.2) is 9.18 Å². The number of nitrogens with zero attached hydrogens (tertiary/aromatic N) is 1. The maximum atomic E-state index is 12.8. The molecule has 0 saturated heterocycles. The maximum absolute atomic E-state index is 12.8. The average Bonchev–Trinajstić information content (AvgIpc) is 2.08. The molecule has 0 bridgehead atoms. The number of aromatic carboxylic acids is 1. The molecule has 0 unspecified atom stereocenters. The van der Waals surface area contributed by atoms with Crippen LogP contribution in [0.2, 0.25) is 0 Å². The van der Waals surface area contributed by atoms with Gasteiger partial charge in [0, 0.05) is 0 Å². The Morgan fingerprint density at radius 1 is 1.62 bits per heavy atom. The van der Waals surface area contributed by atoms with Gasteiger partial charge in [0.25, 0.3) is 0 Å². The van der Waals surface area contributed by atoms with Gasteiger partial charge in [-0.2, -0.15) is 5.26 Å². The van der Waals surface area contributed by atoms with Crippen molar-refractivity contribution in [1.29, 1.82) is 5.26 Å². The topological polar surface area (TPSA) is 61.1 Å². The Hall–Kier alpha value is -1.41. The van der Waals surface area contributed by atoms with Crippen LogP contribution in [0.4, 0.5) is 4.39 Å². The van der Waals surface area contributed by atoms with Crippen molar-refractivity contribution in [3.05, 3.63) is 33.5 Å². The molecule has 1 rings (SSSR count). The minimum Gasteiger partial charge on any atom is -0.478 e. The summed E-state index contributed by atoms with van der Waals surface area (Å²) in [5, 5.41) is 17.1. The Kier molecular flexibility index (Phi) is 2.63. The quantitative estimate of drug-likeness (QED) is 0.823. The molecule has 1 aromatic carbocycles. The Morgan fingerprint density at radius 2 is 2.23 bits per heavy atom. The number of halogens is 2. The van der Waals surface area contributed by atoms with Gasteiger partial charge in [0.15, 0.2) is 0 Å². The molecule has 1 N–H and O–H groups in total. The number of rotatable bonds is 1. The molecule has 0 atom stereocenters. The first kappa shape index (κ1) is 9.68. The van der Waals surface area contributed by atoms with Gasteiger partial charge in [-0.05, 0) is 28.1 Å². The van der Waals surface area contributed by atoms with Gasteiger partial charge in [0.1, 0.15) is 11.9 Å². The van der Waals surface area contributed by atoms with Gasteiger partial charge in [-0.15, -0.1) is 0 Å². The fourth-order valence-corrected chi connectivity index (χ4v) is 1.16. The summed E-state index contributed by atoms with van der Waals surface area (Å²) < 4.78 is 12.9. The van der Waals surface area contributed by atoms with Crippen LogP contribution in [0.5, 0.6) is 0 Å². The predicted molar refractivity (Wildman–Crippen MR) is 45.8 cm³/mol. The first-order chi connectivity index (χ1) is 6.06. The van der Waals surface area contributed by atoms with E-state index in [-0.39, 0.29) is 15.6 Å². The van der Waals surface area contributed by atoms with Gasteiger partial charge in [-0.3, -0.25) is 0 Å². The summed E-state index contributed by atoms with van der Waals surface area (Å²) >= 11 is 2.85. The minimum absolute atomic E-state index is 0.0687. The molecule has 3 nitrogen and oxygen atoms in total. The molecular weight excluding hydrogens is 241 g/mol. The fraction of sp³-hybridized carbons (Fsp3) is 0. The molecule has 0 heterocycles. The summed E-state index contributed by atoms with van der Waals surface area (Å²) in [4.78, 5) is 10.5. The number of carboxylic acid groups (broad SMARTS) is 1. The van der Waals surface area contributed by atoms with Crippen LogP contribution in [0, 0.1) is 17.1 Å². The van der Waals surface area contributed by atoms with Crippen molar-refractivity contribution in [2.24, 2.45) is 0 Å². The molecule has 0 amide bonds. The number of hydrogen-bond donors (Lipinski definition) is 1. The predicted octanol–water partition coefficient (Wildman–Crippen LogP) is 2.16. The molecule has 0 aliphatic rings. The molecule has 13 heavy (non-hydrogen) atoms. The third-order valence-electron chi connectivity index (χ3n) is 1.41. The third-order valence-corrected chi connectivity index (χ3v) is 2.02. The Labute approximate surface area is 81.5 Å². The monoisotopic (exact) mass is 243 g/mol. The van der Waals surface area contributed by atoms with Crippen LogP contribution >= 0.6 is 15.9 Å². The minimum atomic E-state index is -1.32. The van der Waals surface area contributed by atoms with Crippen LogP contribution in [0.15, 0.2) is 16.6 Å². The summed E-state index contributed by atoms with van der Waals surface area (Å²) in [6.07, 6.45) is 0. The Morgan fingerprint density at radius 3 is 2.69 bits per heavy atom. The summed E-state index contributed by atoms with van der Waals surface area (Å²) in [5.74, 6) is -2.01. The molecular formula is C8H3BrFNO2. The standard InChI is InChI=1S/C8H3BrFNO2/c9-6-1-4(3-11)5(8(12)13)2-7(6)10/h1-2H,(H,12,13). The molecule has 5 heteroatoms. The number of hydrogen-bond acceptors (Lipinski definition) is 2. The molecule has 0 spiro atoms. The largest absolute Gasteiger partial charge is 0.478 e. The summed E-state index contributed by atoms with van der Waals surface area (Å²) in [5.41, 5.74) is -0.399. The lowest BCUT2D eigenvalue weighted by atomic mass is 10.1. The highest BCUT2D eigenvalue weighted by molar-refractivity contribution is 9.10. The van der Waals surface area contributed by atoms with Gasteiger partial charge < -0.3 is 5.11 Å². The molecule has 66 valence electrons. The highest BCUT2D eigenvalue weighted by Gasteiger charge is 2.13. The number of carbonyl (C=O) groups is 1. The van der Waals surface area contributed by atoms with Crippen LogP contribution in [-0.2, 0) is 0 Å². The fourth-order valence-electron chi connectivity index (χ4n) is 0.816. The summed E-state index contributed by atoms with van der Waals surface area (Å²) in [6, 6.07) is 3.62. The van der Waals surface area contributed by atoms with Crippen LogP contribution in [0.1, 0.15) is 15.9 Å². The Bertz CT molecular complexity index is 411. The molecule has 0 aromatic heterocycles. The van der Waals surface area contributed by atoms with E-state index in [2.05, 4.69) is 15.9 Å². The second-order valence-corrected chi connectivity index (χ2v) is 3.08. The maximum Gasteiger partial charge on any atom is 0.337 e. The van der Waals surface area contributed by atoms with E-state index in [4.69, 9.17) is 10.4 Å². The molecule has 1 aromatic rings. The van der Waals surface area contributed by atoms with E-state index in [0.717, 1.165) is 12.1 Å². The molecule has 0 aliphatic carbocycles. The lowest BCUT2D eigenvalue weighted by Crippen LogP contribution is -2.01. The summed E-state index contributed by atoms with van der Waals surface area (Å²) in [7, 11) is 0. The van der Waals surface area contributed by atoms with Crippen molar-refractivity contribution in [3.63, 3.8) is 0 Å². The number of carboxylic acids is 1. The van der Waals surface area contributed by atoms with Crippen molar-refractivity contribution < 1.29 is 14.3 Å². The zero-order valence-corrected chi connectivity index (χ0v) is 7.80. The van der Waals surface area contributed by atoms with E-state index in [1.807, 2.05) is 0 Å². The van der Waals surface area contributed by atoms with Crippen LogP contribution < -0.4 is 0 Å². The highest BCUT2D eigenvalue weighted by atomic mass is 79.9. The van der Waals surface area contributed by atoms with E-state index >= 15 is 0 Å². The summed E-state index contributed by atoms with van der Waals surface area (Å²) in [6.45, 7) is 0. The zero-order valence-electron chi connectivity index (χ0n) is 6.21. The Balaban J connectivity index is 3.44. The van der Waals surface area contributed by atoms with Crippen molar-refractivity contribution in [2.75, 3.05) is 0 Å². The lowest BCUT2D eigenvalue weighted by Gasteiger charge is -1.99. The lowest BCUT2D eigenvalue weighted by molar-refractivity contribution is 0.0696. The van der Waals surface area contributed by atoms with E-state index in [1.165, 1.54) is 0 Å². The molecule has 0 radical (unpaired) electrons. The first-order valence-corrected chi connectivity index (χ1v) is 3.98. The second-order valence-electron chi connectivity index (χ2n) is 2.23. The first-order valence-electron chi connectivity index (χ1n) is 3.18. The van der Waals surface area contributed by atoms with E-state index in [9.17, 15) is 9.18 Å². The van der Waals surface area contributed by atoms with Gasteiger partial charge in [0.2, 0.25) is 0 Å².